The number of benzene rings is 1. The molecule has 0 saturated heterocycles. The van der Waals surface area contributed by atoms with E-state index >= 15 is 0 Å². The van der Waals surface area contributed by atoms with Gasteiger partial charge in [0.15, 0.2) is 5.75 Å². The number of halogens is 2. The molecular weight excluding hydrogens is 238 g/mol. The number of hydrogen-bond acceptors (Lipinski definition) is 3. The Labute approximate surface area is 104 Å². The molecule has 0 atom stereocenters. The minimum absolute atomic E-state index is 0.0555. The molecule has 1 aromatic heterocycles. The summed E-state index contributed by atoms with van der Waals surface area (Å²) >= 11 is 0. The van der Waals surface area contributed by atoms with Gasteiger partial charge in [-0.05, 0) is 25.0 Å². The first-order chi connectivity index (χ1) is 8.54. The Morgan fingerprint density at radius 3 is 2.72 bits per heavy atom. The minimum atomic E-state index is -2.87. The number of alkyl halides is 2. The zero-order valence-corrected chi connectivity index (χ0v) is 10.2. The Balaban J connectivity index is 2.71. The molecule has 0 unspecified atom stereocenters. The zero-order valence-electron chi connectivity index (χ0n) is 10.2. The quantitative estimate of drug-likeness (QED) is 0.911. The molecule has 0 radical (unpaired) electrons. The number of ether oxygens (including phenoxy) is 1. The molecule has 0 spiro atoms. The molecule has 1 aromatic carbocycles. The topological polar surface area (TPSA) is 48.1 Å². The van der Waals surface area contributed by atoms with Crippen LogP contribution in [0.15, 0.2) is 18.2 Å². The summed E-state index contributed by atoms with van der Waals surface area (Å²) in [7, 11) is 0. The molecule has 0 aliphatic heterocycles. The first kappa shape index (κ1) is 12.5. The molecule has 96 valence electrons. The van der Waals surface area contributed by atoms with Crippen LogP contribution in [0.5, 0.6) is 5.75 Å². The van der Waals surface area contributed by atoms with Crippen LogP contribution in [0.2, 0.25) is 0 Å². The zero-order chi connectivity index (χ0) is 13.3. The number of nitrogens with zero attached hydrogens (tertiary/aromatic N) is 1. The highest BCUT2D eigenvalue weighted by molar-refractivity contribution is 5.95. The fourth-order valence-electron chi connectivity index (χ4n) is 2.08. The first-order valence-electron chi connectivity index (χ1n) is 5.67. The van der Waals surface area contributed by atoms with Crippen LogP contribution < -0.4 is 10.5 Å². The molecule has 5 heteroatoms. The average Bonchev–Trinajstić information content (AvgIpc) is 2.30. The van der Waals surface area contributed by atoms with Crippen LogP contribution in [0, 0.1) is 6.92 Å². The molecule has 2 rings (SSSR count). The van der Waals surface area contributed by atoms with E-state index in [1.165, 1.54) is 6.07 Å². The molecule has 2 aromatic rings. The van der Waals surface area contributed by atoms with Crippen LogP contribution in [0.4, 0.5) is 14.5 Å². The van der Waals surface area contributed by atoms with Crippen molar-refractivity contribution in [3.8, 4) is 5.75 Å². The molecule has 2 N–H and O–H groups in total. The lowest BCUT2D eigenvalue weighted by Crippen LogP contribution is -2.05. The highest BCUT2D eigenvalue weighted by atomic mass is 19.3. The summed E-state index contributed by atoms with van der Waals surface area (Å²) in [6.07, 6.45) is 0.751. The Bertz CT molecular complexity index is 585. The predicted molar refractivity (Wildman–Crippen MR) is 66.9 cm³/mol. The maximum Gasteiger partial charge on any atom is 0.387 e. The number of fused-ring (bicyclic) bond motifs is 1. The molecule has 0 aliphatic carbocycles. The van der Waals surface area contributed by atoms with Crippen LogP contribution in [-0.2, 0) is 6.42 Å². The van der Waals surface area contributed by atoms with Gasteiger partial charge in [0.1, 0.15) is 5.52 Å². The second-order valence-corrected chi connectivity index (χ2v) is 3.97. The number of pyridine rings is 1. The van der Waals surface area contributed by atoms with Gasteiger partial charge in [0, 0.05) is 16.8 Å². The molecule has 0 bridgehead atoms. The van der Waals surface area contributed by atoms with Gasteiger partial charge in [-0.3, -0.25) is 0 Å². The maximum atomic E-state index is 12.3. The van der Waals surface area contributed by atoms with Crippen molar-refractivity contribution in [2.75, 3.05) is 5.73 Å². The standard InChI is InChI=1S/C13H14F2N2O/c1-3-8-7(2)17-12-9(11(8)16)5-4-6-10(12)18-13(14)15/h4-6,13H,3H2,1-2H3,(H2,16,17). The van der Waals surface area contributed by atoms with E-state index in [2.05, 4.69) is 9.72 Å². The Kier molecular flexibility index (Phi) is 3.32. The second kappa shape index (κ2) is 4.76. The number of rotatable bonds is 3. The van der Waals surface area contributed by atoms with Crippen LogP contribution >= 0.6 is 0 Å². The van der Waals surface area contributed by atoms with E-state index in [4.69, 9.17) is 5.73 Å². The normalized spacial score (nSPS) is 11.2. The number of aryl methyl sites for hydroxylation is 1. The third-order valence-electron chi connectivity index (χ3n) is 2.90. The Morgan fingerprint density at radius 2 is 2.11 bits per heavy atom. The molecule has 18 heavy (non-hydrogen) atoms. The van der Waals surface area contributed by atoms with Crippen LogP contribution in [0.1, 0.15) is 18.2 Å². The van der Waals surface area contributed by atoms with Crippen molar-refractivity contribution in [3.63, 3.8) is 0 Å². The molecule has 0 fully saturated rings. The van der Waals surface area contributed by atoms with Gasteiger partial charge >= 0.3 is 6.61 Å². The number of aromatic nitrogens is 1. The van der Waals surface area contributed by atoms with E-state index in [1.807, 2.05) is 13.8 Å². The van der Waals surface area contributed by atoms with E-state index < -0.39 is 6.61 Å². The third-order valence-corrected chi connectivity index (χ3v) is 2.90. The summed E-state index contributed by atoms with van der Waals surface area (Å²) in [5.74, 6) is 0.0555. The lowest BCUT2D eigenvalue weighted by Gasteiger charge is -2.13. The van der Waals surface area contributed by atoms with Crippen molar-refractivity contribution >= 4 is 16.6 Å². The van der Waals surface area contributed by atoms with Crippen molar-refractivity contribution in [2.45, 2.75) is 26.9 Å². The molecular formula is C13H14F2N2O. The van der Waals surface area contributed by atoms with Gasteiger partial charge in [-0.25, -0.2) is 4.98 Å². The summed E-state index contributed by atoms with van der Waals surface area (Å²) in [5, 5.41) is 0.649. The van der Waals surface area contributed by atoms with Crippen LogP contribution in [0.3, 0.4) is 0 Å². The van der Waals surface area contributed by atoms with Gasteiger partial charge in [-0.1, -0.05) is 19.1 Å². The van der Waals surface area contributed by atoms with Gasteiger partial charge in [-0.2, -0.15) is 8.78 Å². The number of nitrogen functional groups attached to an aromatic ring is 1. The minimum Gasteiger partial charge on any atom is -0.432 e. The number of anilines is 1. The number of hydrogen-bond donors (Lipinski definition) is 1. The molecule has 0 amide bonds. The Morgan fingerprint density at radius 1 is 1.39 bits per heavy atom. The van der Waals surface area contributed by atoms with Gasteiger partial charge in [0.25, 0.3) is 0 Å². The number of para-hydroxylation sites is 1. The maximum absolute atomic E-state index is 12.3. The van der Waals surface area contributed by atoms with Gasteiger partial charge in [0.05, 0.1) is 0 Å². The fraction of sp³-hybridized carbons (Fsp3) is 0.308. The van der Waals surface area contributed by atoms with Crippen LogP contribution in [0.25, 0.3) is 10.9 Å². The molecule has 0 aliphatic rings. The molecule has 1 heterocycles. The van der Waals surface area contributed by atoms with Crippen LogP contribution in [-0.4, -0.2) is 11.6 Å². The Hall–Kier alpha value is -1.91. The van der Waals surface area contributed by atoms with Gasteiger partial charge in [-0.15, -0.1) is 0 Å². The monoisotopic (exact) mass is 252 g/mol. The second-order valence-electron chi connectivity index (χ2n) is 3.97. The highest BCUT2D eigenvalue weighted by Crippen LogP contribution is 2.32. The van der Waals surface area contributed by atoms with Gasteiger partial charge < -0.3 is 10.5 Å². The van der Waals surface area contributed by atoms with E-state index in [0.717, 1.165) is 17.7 Å². The third kappa shape index (κ3) is 2.08. The van der Waals surface area contributed by atoms with E-state index in [1.54, 1.807) is 12.1 Å². The highest BCUT2D eigenvalue weighted by Gasteiger charge is 2.14. The first-order valence-corrected chi connectivity index (χ1v) is 5.67. The average molecular weight is 252 g/mol. The lowest BCUT2D eigenvalue weighted by atomic mass is 10.0. The number of nitrogens with two attached hydrogens (primary N) is 1. The van der Waals surface area contributed by atoms with E-state index in [-0.39, 0.29) is 5.75 Å². The largest absolute Gasteiger partial charge is 0.432 e. The van der Waals surface area contributed by atoms with E-state index in [9.17, 15) is 8.78 Å². The van der Waals surface area contributed by atoms with Crippen molar-refractivity contribution in [3.05, 3.63) is 29.5 Å². The summed E-state index contributed by atoms with van der Waals surface area (Å²) in [5.41, 5.74) is 8.69. The summed E-state index contributed by atoms with van der Waals surface area (Å²) in [4.78, 5) is 4.32. The fourth-order valence-corrected chi connectivity index (χ4v) is 2.08. The predicted octanol–water partition coefficient (Wildman–Crippen LogP) is 3.29. The van der Waals surface area contributed by atoms with Gasteiger partial charge in [0.2, 0.25) is 0 Å². The molecule has 0 saturated carbocycles. The van der Waals surface area contributed by atoms with Crippen molar-refractivity contribution in [2.24, 2.45) is 0 Å². The summed E-state index contributed by atoms with van der Waals surface area (Å²) in [6.45, 7) is 0.921. The van der Waals surface area contributed by atoms with Crippen molar-refractivity contribution in [1.29, 1.82) is 0 Å². The van der Waals surface area contributed by atoms with Crippen molar-refractivity contribution < 1.29 is 13.5 Å². The summed E-state index contributed by atoms with van der Waals surface area (Å²) in [6, 6.07) is 4.85. The smallest absolute Gasteiger partial charge is 0.387 e. The van der Waals surface area contributed by atoms with Crippen molar-refractivity contribution in [1.82, 2.24) is 4.98 Å². The van der Waals surface area contributed by atoms with E-state index in [0.29, 0.717) is 16.6 Å². The SMILES string of the molecule is CCc1c(C)nc2c(OC(F)F)cccc2c1N. The summed E-state index contributed by atoms with van der Waals surface area (Å²) < 4.78 is 29.1. The molecule has 3 nitrogen and oxygen atoms in total. The lowest BCUT2D eigenvalue weighted by molar-refractivity contribution is -0.0489.